The lowest BCUT2D eigenvalue weighted by Gasteiger charge is -2.36. The number of rotatable bonds is 4. The molecule has 5 nitrogen and oxygen atoms in total. The second-order valence-corrected chi connectivity index (χ2v) is 5.39. The minimum absolute atomic E-state index is 0.0966. The molecule has 0 fully saturated rings. The molecule has 0 atom stereocenters. The first-order valence-corrected chi connectivity index (χ1v) is 5.81. The number of hydrogen-bond acceptors (Lipinski definition) is 3. The quantitative estimate of drug-likeness (QED) is 0.837. The van der Waals surface area contributed by atoms with Crippen LogP contribution in [0, 0.1) is 5.41 Å². The first-order chi connectivity index (χ1) is 7.68. The summed E-state index contributed by atoms with van der Waals surface area (Å²) in [6, 6.07) is 0. The summed E-state index contributed by atoms with van der Waals surface area (Å²) in [6.07, 6.45) is 3.44. The molecule has 3 N–H and O–H groups in total. The third-order valence-corrected chi connectivity index (χ3v) is 3.39. The van der Waals surface area contributed by atoms with Crippen molar-refractivity contribution in [2.24, 2.45) is 11.1 Å². The van der Waals surface area contributed by atoms with Gasteiger partial charge in [0.1, 0.15) is 0 Å². The minimum Gasteiger partial charge on any atom is -0.325 e. The number of carbonyl (C=O) groups excluding carboxylic acids is 1. The number of aromatic nitrogens is 2. The summed E-state index contributed by atoms with van der Waals surface area (Å²) in [6.45, 7) is 10.1. The van der Waals surface area contributed by atoms with Crippen molar-refractivity contribution >= 4 is 11.6 Å². The van der Waals surface area contributed by atoms with E-state index >= 15 is 0 Å². The molecule has 0 unspecified atom stereocenters. The summed E-state index contributed by atoms with van der Waals surface area (Å²) in [7, 11) is 0. The van der Waals surface area contributed by atoms with E-state index in [1.54, 1.807) is 17.1 Å². The molecule has 0 aliphatic carbocycles. The predicted octanol–water partition coefficient (Wildman–Crippen LogP) is 1.60. The summed E-state index contributed by atoms with van der Waals surface area (Å²) in [5, 5.41) is 6.94. The molecule has 0 aliphatic heterocycles. The lowest BCUT2D eigenvalue weighted by Crippen LogP contribution is -2.53. The third kappa shape index (κ3) is 2.85. The Morgan fingerprint density at radius 1 is 1.47 bits per heavy atom. The lowest BCUT2D eigenvalue weighted by molar-refractivity contribution is -0.126. The van der Waals surface area contributed by atoms with Gasteiger partial charge in [0.2, 0.25) is 5.91 Å². The van der Waals surface area contributed by atoms with Crippen LogP contribution in [0.25, 0.3) is 0 Å². The average molecular weight is 238 g/mol. The maximum absolute atomic E-state index is 12.2. The number of nitrogens with two attached hydrogens (primary N) is 1. The maximum Gasteiger partial charge on any atom is 0.231 e. The molecule has 1 amide bonds. The highest BCUT2D eigenvalue weighted by Crippen LogP contribution is 2.29. The van der Waals surface area contributed by atoms with Crippen LogP contribution in [0.1, 0.15) is 34.6 Å². The third-order valence-electron chi connectivity index (χ3n) is 3.39. The average Bonchev–Trinajstić information content (AvgIpc) is 2.63. The van der Waals surface area contributed by atoms with Crippen molar-refractivity contribution in [1.29, 1.82) is 0 Å². The molecule has 1 rings (SSSR count). The van der Waals surface area contributed by atoms with E-state index in [2.05, 4.69) is 10.4 Å². The summed E-state index contributed by atoms with van der Waals surface area (Å²) >= 11 is 0. The number of aryl methyl sites for hydroxylation is 1. The summed E-state index contributed by atoms with van der Waals surface area (Å²) in [5.74, 6) is -0.0966. The Bertz CT molecular complexity index is 401. The van der Waals surface area contributed by atoms with Crippen LogP contribution < -0.4 is 11.1 Å². The van der Waals surface area contributed by atoms with Gasteiger partial charge < -0.3 is 11.1 Å². The Labute approximate surface area is 102 Å². The van der Waals surface area contributed by atoms with Crippen LogP contribution in [0.4, 0.5) is 5.69 Å². The number of nitrogens with zero attached hydrogens (tertiary/aromatic N) is 2. The van der Waals surface area contributed by atoms with Gasteiger partial charge in [0.05, 0.1) is 17.3 Å². The number of carbonyl (C=O) groups is 1. The number of anilines is 1. The van der Waals surface area contributed by atoms with Gasteiger partial charge in [-0.2, -0.15) is 5.10 Å². The fourth-order valence-corrected chi connectivity index (χ4v) is 1.18. The Hall–Kier alpha value is -1.36. The van der Waals surface area contributed by atoms with E-state index in [0.29, 0.717) is 5.69 Å². The van der Waals surface area contributed by atoms with E-state index in [-0.39, 0.29) is 5.91 Å². The van der Waals surface area contributed by atoms with Gasteiger partial charge in [0, 0.05) is 18.3 Å². The van der Waals surface area contributed by atoms with E-state index in [0.717, 1.165) is 6.54 Å². The molecule has 0 spiro atoms. The summed E-state index contributed by atoms with van der Waals surface area (Å²) < 4.78 is 1.76. The highest BCUT2D eigenvalue weighted by Gasteiger charge is 2.40. The number of amides is 1. The molecule has 0 saturated carbocycles. The van der Waals surface area contributed by atoms with Crippen LogP contribution in [-0.4, -0.2) is 21.2 Å². The number of nitrogens with one attached hydrogen (secondary N) is 1. The molecule has 0 saturated heterocycles. The van der Waals surface area contributed by atoms with Gasteiger partial charge in [0.15, 0.2) is 0 Å². The van der Waals surface area contributed by atoms with Crippen molar-refractivity contribution in [3.8, 4) is 0 Å². The van der Waals surface area contributed by atoms with E-state index < -0.39 is 11.0 Å². The largest absolute Gasteiger partial charge is 0.325 e. The highest BCUT2D eigenvalue weighted by molar-refractivity contribution is 5.95. The maximum atomic E-state index is 12.2. The van der Waals surface area contributed by atoms with Gasteiger partial charge in [-0.3, -0.25) is 9.48 Å². The van der Waals surface area contributed by atoms with Crippen LogP contribution in [0.3, 0.4) is 0 Å². The monoisotopic (exact) mass is 238 g/mol. The van der Waals surface area contributed by atoms with Crippen LogP contribution in [-0.2, 0) is 11.3 Å². The predicted molar refractivity (Wildman–Crippen MR) is 68.6 cm³/mol. The van der Waals surface area contributed by atoms with Crippen molar-refractivity contribution in [3.63, 3.8) is 0 Å². The first-order valence-electron chi connectivity index (χ1n) is 5.81. The first kappa shape index (κ1) is 13.7. The zero-order valence-electron chi connectivity index (χ0n) is 11.2. The van der Waals surface area contributed by atoms with Gasteiger partial charge >= 0.3 is 0 Å². The van der Waals surface area contributed by atoms with E-state index in [9.17, 15) is 4.79 Å². The van der Waals surface area contributed by atoms with Gasteiger partial charge in [-0.25, -0.2) is 0 Å². The van der Waals surface area contributed by atoms with Crippen LogP contribution >= 0.6 is 0 Å². The van der Waals surface area contributed by atoms with Gasteiger partial charge in [-0.1, -0.05) is 0 Å². The molecule has 0 radical (unpaired) electrons. The molecule has 17 heavy (non-hydrogen) atoms. The molecule has 0 aromatic carbocycles. The molecule has 0 aliphatic rings. The van der Waals surface area contributed by atoms with Crippen LogP contribution in [0.5, 0.6) is 0 Å². The van der Waals surface area contributed by atoms with E-state index in [1.807, 2.05) is 34.6 Å². The molecule has 5 heteroatoms. The molecule has 96 valence electrons. The lowest BCUT2D eigenvalue weighted by atomic mass is 9.74. The Morgan fingerprint density at radius 3 is 2.47 bits per heavy atom. The molecular formula is C12H22N4O. The van der Waals surface area contributed by atoms with E-state index in [4.69, 9.17) is 5.73 Å². The minimum atomic E-state index is -0.651. The molecule has 0 bridgehead atoms. The molecular weight excluding hydrogens is 216 g/mol. The standard InChI is InChI=1S/C12H22N4O/c1-6-16-8-9(7-14-16)15-10(17)11(2,3)12(4,5)13/h7-8H,6,13H2,1-5H3,(H,15,17). The Balaban J connectivity index is 2.79. The SMILES string of the molecule is CCn1cc(NC(=O)C(C)(C)C(C)(C)N)cn1. The zero-order chi connectivity index (χ0) is 13.3. The zero-order valence-corrected chi connectivity index (χ0v) is 11.2. The number of hydrogen-bond donors (Lipinski definition) is 2. The fourth-order valence-electron chi connectivity index (χ4n) is 1.18. The van der Waals surface area contributed by atoms with Crippen molar-refractivity contribution < 1.29 is 4.79 Å². The molecule has 1 heterocycles. The second kappa shape index (κ2) is 4.49. The van der Waals surface area contributed by atoms with Crippen LogP contribution in [0.15, 0.2) is 12.4 Å². The summed E-state index contributed by atoms with van der Waals surface area (Å²) in [5.41, 5.74) is 5.48. The van der Waals surface area contributed by atoms with Gasteiger partial charge in [0.25, 0.3) is 0 Å². The fraction of sp³-hybridized carbons (Fsp3) is 0.667. The normalized spacial score (nSPS) is 12.6. The van der Waals surface area contributed by atoms with Crippen molar-refractivity contribution in [2.45, 2.75) is 46.7 Å². The topological polar surface area (TPSA) is 72.9 Å². The Kier molecular flexibility index (Phi) is 3.62. The molecule has 1 aromatic heterocycles. The van der Waals surface area contributed by atoms with Crippen molar-refractivity contribution in [2.75, 3.05) is 5.32 Å². The van der Waals surface area contributed by atoms with Gasteiger partial charge in [-0.05, 0) is 34.6 Å². The van der Waals surface area contributed by atoms with Gasteiger partial charge in [-0.15, -0.1) is 0 Å². The summed E-state index contributed by atoms with van der Waals surface area (Å²) in [4.78, 5) is 12.2. The highest BCUT2D eigenvalue weighted by atomic mass is 16.2. The van der Waals surface area contributed by atoms with Crippen molar-refractivity contribution in [1.82, 2.24) is 9.78 Å². The smallest absolute Gasteiger partial charge is 0.231 e. The van der Waals surface area contributed by atoms with E-state index in [1.165, 1.54) is 0 Å². The van der Waals surface area contributed by atoms with Crippen LogP contribution in [0.2, 0.25) is 0 Å². The molecule has 1 aromatic rings. The Morgan fingerprint density at radius 2 is 2.06 bits per heavy atom. The van der Waals surface area contributed by atoms with Crippen molar-refractivity contribution in [3.05, 3.63) is 12.4 Å². The second-order valence-electron chi connectivity index (χ2n) is 5.39.